The second-order valence-electron chi connectivity index (χ2n) is 8.97. The Balaban J connectivity index is -0.0000000622. The molecule has 1 radical (unpaired) electrons. The topological polar surface area (TPSA) is 144 Å². The Kier molecular flexibility index (Phi) is 90.0. The summed E-state index contributed by atoms with van der Waals surface area (Å²) in [5, 5.41) is 0. The maximum atomic E-state index is 12.1. The number of nitrogens with one attached hydrogen (secondary N) is 1. The Morgan fingerprint density at radius 3 is 1.08 bits per heavy atom. The van der Waals surface area contributed by atoms with Gasteiger partial charge in [-0.3, -0.25) is 0 Å². The fraction of sp³-hybridized carbons (Fsp3) is 0.538. The molecule has 3 aromatic rings. The van der Waals surface area contributed by atoms with Crippen molar-refractivity contribution in [1.82, 2.24) is 9.03 Å². The van der Waals surface area contributed by atoms with Crippen molar-refractivity contribution in [3.8, 4) is 0 Å². The van der Waals surface area contributed by atoms with Crippen LogP contribution in [0.15, 0.2) is 106 Å². The molecule has 0 atom stereocenters. The van der Waals surface area contributed by atoms with Crippen molar-refractivity contribution in [1.29, 1.82) is 0 Å². The number of unbranched alkanes of at least 4 members (excludes halogenated alkanes) is 1. The van der Waals surface area contributed by atoms with Crippen molar-refractivity contribution in [3.63, 3.8) is 0 Å². The van der Waals surface area contributed by atoms with Crippen molar-refractivity contribution >= 4 is 146 Å². The van der Waals surface area contributed by atoms with Crippen molar-refractivity contribution in [2.45, 2.75) is 124 Å². The third-order valence-electron chi connectivity index (χ3n) is 5.12. The van der Waals surface area contributed by atoms with Gasteiger partial charge in [0, 0.05) is 48.9 Å². The SMILES string of the molecule is C.CC.CC.CC.CCCC.CCCN(CC)S(=O)(=O)c1ccccc1.CCN.CCNS(=O)(=O)c1ccccc1.CI.I.O=S(=O)(Cl)c1ccccc1.[I][V]([I])[I].[V]. The predicted molar refractivity (Wildman–Crippen MR) is 301 cm³/mol. The smallest absolute Gasteiger partial charge is 0 e. The number of alkyl halides is 1. The van der Waals surface area contributed by atoms with Gasteiger partial charge in [-0.1, -0.05) is 181 Å². The molecule has 9 nitrogen and oxygen atoms in total. The first-order valence-electron chi connectivity index (χ1n) is 18.4. The van der Waals surface area contributed by atoms with Gasteiger partial charge in [0.25, 0.3) is 9.05 Å². The van der Waals surface area contributed by atoms with Crippen LogP contribution >= 0.6 is 117 Å². The Morgan fingerprint density at radius 2 is 0.881 bits per heavy atom. The molecule has 0 amide bonds. The molecule has 0 aliphatic heterocycles. The van der Waals surface area contributed by atoms with E-state index in [1.165, 1.54) is 29.3 Å². The molecule has 0 fully saturated rings. The molecule has 0 aliphatic rings. The molecule has 0 heterocycles. The molecule has 3 aromatic carbocycles. The number of nitrogens with two attached hydrogens (primary N) is 1. The van der Waals surface area contributed by atoms with Gasteiger partial charge in [0.15, 0.2) is 0 Å². The summed E-state index contributed by atoms with van der Waals surface area (Å²) < 4.78 is 71.9. The van der Waals surface area contributed by atoms with E-state index in [4.69, 9.17) is 16.4 Å². The van der Waals surface area contributed by atoms with E-state index in [9.17, 15) is 25.3 Å². The van der Waals surface area contributed by atoms with Gasteiger partial charge < -0.3 is 5.73 Å². The Morgan fingerprint density at radius 1 is 0.610 bits per heavy atom. The van der Waals surface area contributed by atoms with Crippen LogP contribution in [0, 0.1) is 0 Å². The first-order valence-corrected chi connectivity index (χ1v) is 39.3. The summed E-state index contributed by atoms with van der Waals surface area (Å²) in [5.41, 5.74) is 4.85. The molecule has 0 aliphatic carbocycles. The molecule has 0 unspecified atom stereocenters. The maximum absolute atomic E-state index is 12.1. The summed E-state index contributed by atoms with van der Waals surface area (Å²) in [6.07, 6.45) is 3.47. The second kappa shape index (κ2) is 62.6. The Bertz CT molecular complexity index is 1510. The van der Waals surface area contributed by atoms with Crippen LogP contribution in [-0.4, -0.2) is 60.7 Å². The number of sulfonamides is 2. The van der Waals surface area contributed by atoms with Gasteiger partial charge >= 0.3 is 64.9 Å². The molecular weight excluding hydrogens is 1470 g/mol. The standard InChI is InChI=1S/C11H17NO2S.C8H11NO2S.C6H5ClO2S.C4H10.C2H7N.3C2H6.CH3I.CH4.4HI.2V/c1-3-10-12(4-2)15(13,14)11-8-6-5-7-9-11;1-2-9-12(10,11)8-6-4-3-5-7-8;7-10(8,9)6-4-2-1-3-5-6;1-3-4-2;1-2-3;4*1-2;;;;;;;/h5-9H,3-4,10H2,1-2H3;3-7,9H,2H2,1H3;1-5H;3-4H2,1-2H3;2-3H2,1H3;3*1-2H3;1H3;1H4;4*1H;;/q;;;;;;;;;;;;;;;+3/p-3. The number of hydrogen-bond donors (Lipinski definition) is 2. The van der Waals surface area contributed by atoms with Crippen molar-refractivity contribution < 1.29 is 48.7 Å². The molecule has 0 bridgehead atoms. The molecule has 20 heteroatoms. The Hall–Kier alpha value is 2.50. The minimum absolute atomic E-state index is 0. The van der Waals surface area contributed by atoms with Crippen molar-refractivity contribution in [3.05, 3.63) is 91.0 Å². The summed E-state index contributed by atoms with van der Waals surface area (Å²) >= 11 is 9.54. The van der Waals surface area contributed by atoms with Gasteiger partial charge in [-0.15, -0.1) is 24.0 Å². The molecular formula is C39H76ClI5N3O6S3V2. The van der Waals surface area contributed by atoms with E-state index in [0.29, 0.717) is 29.4 Å². The van der Waals surface area contributed by atoms with Crippen LogP contribution in [0.5, 0.6) is 0 Å². The zero-order valence-corrected chi connectivity index (χ0v) is 53.5. The normalized spacial score (nSPS) is 9.10. The van der Waals surface area contributed by atoms with E-state index < -0.39 is 29.1 Å². The molecule has 0 spiro atoms. The third kappa shape index (κ3) is 56.6. The van der Waals surface area contributed by atoms with Gasteiger partial charge in [-0.05, 0) is 54.3 Å². The average Bonchev–Trinajstić information content (AvgIpc) is 3.21. The van der Waals surface area contributed by atoms with Gasteiger partial charge in [0.05, 0.1) is 14.7 Å². The molecule has 0 saturated heterocycles. The van der Waals surface area contributed by atoms with Crippen molar-refractivity contribution in [2.24, 2.45) is 5.73 Å². The van der Waals surface area contributed by atoms with Crippen LogP contribution < -0.4 is 10.5 Å². The molecule has 0 saturated carbocycles. The minimum Gasteiger partial charge on any atom is 0 e. The summed E-state index contributed by atoms with van der Waals surface area (Å²) in [6, 6.07) is 24.7. The van der Waals surface area contributed by atoms with Crippen LogP contribution in [-0.2, 0) is 52.6 Å². The van der Waals surface area contributed by atoms with E-state index in [0.717, 1.165) is 13.0 Å². The number of halogens is 6. The van der Waals surface area contributed by atoms with Crippen molar-refractivity contribution in [2.75, 3.05) is 31.1 Å². The van der Waals surface area contributed by atoms with E-state index in [2.05, 4.69) is 101 Å². The number of hydrogen-bond acceptors (Lipinski definition) is 7. The first kappa shape index (κ1) is 84.9. The van der Waals surface area contributed by atoms with Gasteiger partial charge in [0.2, 0.25) is 20.0 Å². The van der Waals surface area contributed by atoms with E-state index in [1.807, 2.05) is 73.3 Å². The van der Waals surface area contributed by atoms with Crippen LogP contribution in [0.3, 0.4) is 0 Å². The molecule has 3 rings (SSSR count). The number of rotatable bonds is 10. The van der Waals surface area contributed by atoms with Crippen LogP contribution in [0.2, 0.25) is 0 Å². The largest absolute Gasteiger partial charge is 0 e. The summed E-state index contributed by atoms with van der Waals surface area (Å²) in [5.74, 6) is 0. The van der Waals surface area contributed by atoms with E-state index in [-0.39, 0.29) is 59.8 Å². The molecule has 0 aromatic heterocycles. The zero-order valence-electron chi connectivity index (χ0n) is 36.5. The van der Waals surface area contributed by atoms with Crippen LogP contribution in [0.25, 0.3) is 0 Å². The zero-order chi connectivity index (χ0) is 45.7. The monoisotopic (exact) mass is 1550 g/mol. The molecule has 3 N–H and O–H groups in total. The van der Waals surface area contributed by atoms with Gasteiger partial charge in [0.1, 0.15) is 0 Å². The fourth-order valence-corrected chi connectivity index (χ4v) is 6.31. The quantitative estimate of drug-likeness (QED) is 0.117. The van der Waals surface area contributed by atoms with E-state index in [1.54, 1.807) is 79.7 Å². The minimum atomic E-state index is -3.53. The predicted octanol–water partition coefficient (Wildman–Crippen LogP) is 14.5. The third-order valence-corrected chi connectivity index (χ3v) is 10.0. The number of benzene rings is 3. The summed E-state index contributed by atoms with van der Waals surface area (Å²) in [6.45, 7) is 26.1. The van der Waals surface area contributed by atoms with Gasteiger partial charge in [-0.25, -0.2) is 30.0 Å². The van der Waals surface area contributed by atoms with Crippen LogP contribution in [0.1, 0.15) is 110 Å². The molecule has 59 heavy (non-hydrogen) atoms. The summed E-state index contributed by atoms with van der Waals surface area (Å²) in [7, 11) is -5.04. The Labute approximate surface area is 449 Å². The fourth-order valence-electron chi connectivity index (χ4n) is 2.90. The first-order chi connectivity index (χ1) is 26.5. The van der Waals surface area contributed by atoms with Crippen LogP contribution in [0.4, 0.5) is 0 Å². The molecule has 353 valence electrons. The summed E-state index contributed by atoms with van der Waals surface area (Å²) in [4.78, 5) is 2.52. The second-order valence-corrected chi connectivity index (χ2v) is 50.6. The number of nitrogens with zero attached hydrogens (tertiary/aromatic N) is 1. The van der Waals surface area contributed by atoms with E-state index >= 15 is 0 Å². The maximum Gasteiger partial charge on any atom is 0 e. The van der Waals surface area contributed by atoms with Gasteiger partial charge in [-0.2, -0.15) is 4.31 Å². The average molecular weight is 1550 g/mol.